The van der Waals surface area contributed by atoms with E-state index in [-0.39, 0.29) is 17.7 Å². The molecule has 0 saturated carbocycles. The summed E-state index contributed by atoms with van der Waals surface area (Å²) in [5, 5.41) is 16.3. The summed E-state index contributed by atoms with van der Waals surface area (Å²) in [6.45, 7) is 5.66. The van der Waals surface area contributed by atoms with Gasteiger partial charge < -0.3 is 5.32 Å². The van der Waals surface area contributed by atoms with E-state index >= 15 is 0 Å². The molecule has 0 spiro atoms. The van der Waals surface area contributed by atoms with Crippen LogP contribution in [0.5, 0.6) is 0 Å². The van der Waals surface area contributed by atoms with Crippen LogP contribution in [0.4, 0.5) is 5.13 Å². The first-order valence-electron chi connectivity index (χ1n) is 9.10. The highest BCUT2D eigenvalue weighted by atomic mass is 32.2. The van der Waals surface area contributed by atoms with Gasteiger partial charge in [-0.2, -0.15) is 0 Å². The van der Waals surface area contributed by atoms with Gasteiger partial charge in [0.25, 0.3) is 5.91 Å². The molecule has 2 N–H and O–H groups in total. The highest BCUT2D eigenvalue weighted by Gasteiger charge is 2.26. The summed E-state index contributed by atoms with van der Waals surface area (Å²) in [7, 11) is 0. The van der Waals surface area contributed by atoms with Crippen LogP contribution in [-0.4, -0.2) is 28.1 Å². The normalized spacial score (nSPS) is 12.0. The van der Waals surface area contributed by atoms with Crippen molar-refractivity contribution in [3.63, 3.8) is 0 Å². The number of anilines is 1. The van der Waals surface area contributed by atoms with E-state index in [1.54, 1.807) is 29.2 Å². The first-order valence-corrected chi connectivity index (χ1v) is 11.8. The number of nitrogens with zero attached hydrogens (tertiary/aromatic N) is 2. The lowest BCUT2D eigenvalue weighted by molar-refractivity contribution is -0.118. The fourth-order valence-electron chi connectivity index (χ4n) is 2.61. The van der Waals surface area contributed by atoms with Crippen molar-refractivity contribution < 1.29 is 9.59 Å². The lowest BCUT2D eigenvalue weighted by Crippen LogP contribution is -2.47. The van der Waals surface area contributed by atoms with Gasteiger partial charge in [0.15, 0.2) is 4.34 Å². The van der Waals surface area contributed by atoms with Crippen molar-refractivity contribution in [2.24, 2.45) is 5.92 Å². The maximum Gasteiger partial charge on any atom is 0.252 e. The predicted molar refractivity (Wildman–Crippen MR) is 120 cm³/mol. The smallest absolute Gasteiger partial charge is 0.252 e. The van der Waals surface area contributed by atoms with Gasteiger partial charge in [0.1, 0.15) is 6.04 Å². The Kier molecular flexibility index (Phi) is 7.40. The Morgan fingerprint density at radius 1 is 1.14 bits per heavy atom. The predicted octanol–water partition coefficient (Wildman–Crippen LogP) is 4.59. The molecule has 2 amide bonds. The number of aryl methyl sites for hydroxylation is 1. The molecular weight excluding hydrogens is 424 g/mol. The monoisotopic (exact) mass is 446 g/mol. The van der Waals surface area contributed by atoms with Crippen molar-refractivity contribution in [1.82, 2.24) is 15.5 Å². The SMILES string of the molecule is Cc1ccccc1C(=O)NC(C(=O)Nc1nnc(SCc2cccs2)s1)C(C)C. The van der Waals surface area contributed by atoms with Crippen molar-refractivity contribution >= 4 is 51.4 Å². The molecule has 0 radical (unpaired) electrons. The van der Waals surface area contributed by atoms with Crippen LogP contribution in [0.3, 0.4) is 0 Å². The van der Waals surface area contributed by atoms with Crippen LogP contribution in [0.15, 0.2) is 46.1 Å². The zero-order valence-electron chi connectivity index (χ0n) is 16.3. The minimum atomic E-state index is -0.673. The molecule has 2 heterocycles. The third kappa shape index (κ3) is 5.88. The van der Waals surface area contributed by atoms with Crippen LogP contribution in [-0.2, 0) is 10.5 Å². The topological polar surface area (TPSA) is 84.0 Å². The molecule has 1 atom stereocenters. The molecule has 0 aliphatic heterocycles. The van der Waals surface area contributed by atoms with Crippen LogP contribution in [0.25, 0.3) is 0 Å². The van der Waals surface area contributed by atoms with Gasteiger partial charge in [0.05, 0.1) is 0 Å². The summed E-state index contributed by atoms with van der Waals surface area (Å²) in [6.07, 6.45) is 0. The molecule has 1 aromatic carbocycles. The van der Waals surface area contributed by atoms with Crippen molar-refractivity contribution in [2.45, 2.75) is 36.9 Å². The maximum atomic E-state index is 12.8. The fraction of sp³-hybridized carbons (Fsp3) is 0.300. The molecule has 0 bridgehead atoms. The van der Waals surface area contributed by atoms with Gasteiger partial charge in [-0.1, -0.05) is 61.2 Å². The van der Waals surface area contributed by atoms with Crippen LogP contribution in [0, 0.1) is 12.8 Å². The van der Waals surface area contributed by atoms with E-state index < -0.39 is 6.04 Å². The number of carbonyl (C=O) groups excluding carboxylic acids is 2. The quantitative estimate of drug-likeness (QED) is 0.390. The van der Waals surface area contributed by atoms with E-state index in [0.717, 1.165) is 15.7 Å². The van der Waals surface area contributed by atoms with Crippen LogP contribution < -0.4 is 10.6 Å². The van der Waals surface area contributed by atoms with E-state index in [0.29, 0.717) is 10.7 Å². The molecule has 152 valence electrons. The summed E-state index contributed by atoms with van der Waals surface area (Å²) in [5.74, 6) is 0.180. The van der Waals surface area contributed by atoms with E-state index in [4.69, 9.17) is 0 Å². The summed E-state index contributed by atoms with van der Waals surface area (Å²) < 4.78 is 0.791. The van der Waals surface area contributed by atoms with Gasteiger partial charge >= 0.3 is 0 Å². The Bertz CT molecular complexity index is 970. The van der Waals surface area contributed by atoms with Crippen LogP contribution in [0.1, 0.15) is 34.6 Å². The second-order valence-electron chi connectivity index (χ2n) is 6.74. The summed E-state index contributed by atoms with van der Waals surface area (Å²) in [5.41, 5.74) is 1.43. The lowest BCUT2D eigenvalue weighted by Gasteiger charge is -2.21. The highest BCUT2D eigenvalue weighted by Crippen LogP contribution is 2.29. The minimum absolute atomic E-state index is 0.0800. The number of aromatic nitrogens is 2. The molecule has 3 aromatic rings. The Balaban J connectivity index is 1.61. The average Bonchev–Trinajstić information content (AvgIpc) is 3.36. The maximum absolute atomic E-state index is 12.8. The van der Waals surface area contributed by atoms with Crippen molar-refractivity contribution in [2.75, 3.05) is 5.32 Å². The van der Waals surface area contributed by atoms with Gasteiger partial charge in [-0.15, -0.1) is 21.5 Å². The number of carbonyl (C=O) groups is 2. The Labute approximate surface area is 182 Å². The molecule has 1 unspecified atom stereocenters. The second kappa shape index (κ2) is 10.00. The molecule has 6 nitrogen and oxygen atoms in total. The molecule has 3 rings (SSSR count). The number of thiophene rings is 1. The number of hydrogen-bond acceptors (Lipinski definition) is 7. The summed E-state index contributed by atoms with van der Waals surface area (Å²) in [4.78, 5) is 26.6. The van der Waals surface area contributed by atoms with Gasteiger partial charge in [0, 0.05) is 16.2 Å². The van der Waals surface area contributed by atoms with E-state index in [2.05, 4.69) is 26.9 Å². The van der Waals surface area contributed by atoms with Crippen molar-refractivity contribution in [3.05, 3.63) is 57.8 Å². The van der Waals surface area contributed by atoms with E-state index in [1.807, 2.05) is 50.4 Å². The Hall–Kier alpha value is -2.23. The molecule has 0 saturated heterocycles. The highest BCUT2D eigenvalue weighted by molar-refractivity contribution is 8.00. The first kappa shape index (κ1) is 21.5. The summed E-state index contributed by atoms with van der Waals surface area (Å²) in [6, 6.07) is 10.7. The third-order valence-electron chi connectivity index (χ3n) is 4.18. The first-order chi connectivity index (χ1) is 13.9. The molecule has 0 fully saturated rings. The number of benzene rings is 1. The average molecular weight is 447 g/mol. The standard InChI is InChI=1S/C20H22N4O2S3/c1-12(2)16(21-17(25)15-9-5-4-7-13(15)3)18(26)22-19-23-24-20(29-19)28-11-14-8-6-10-27-14/h4-10,12,16H,11H2,1-3H3,(H,21,25)(H,22,23,26). The molecule has 0 aliphatic carbocycles. The van der Waals surface area contributed by atoms with E-state index in [9.17, 15) is 9.59 Å². The largest absolute Gasteiger partial charge is 0.340 e. The number of hydrogen-bond donors (Lipinski definition) is 2. The summed E-state index contributed by atoms with van der Waals surface area (Å²) >= 11 is 4.61. The minimum Gasteiger partial charge on any atom is -0.340 e. The zero-order valence-corrected chi connectivity index (χ0v) is 18.8. The van der Waals surface area contributed by atoms with Gasteiger partial charge in [-0.05, 0) is 35.9 Å². The molecular formula is C20H22N4O2S3. The zero-order chi connectivity index (χ0) is 20.8. The fourth-order valence-corrected chi connectivity index (χ4v) is 5.14. The Morgan fingerprint density at radius 2 is 1.93 bits per heavy atom. The van der Waals surface area contributed by atoms with Gasteiger partial charge in [-0.25, -0.2) is 0 Å². The Morgan fingerprint density at radius 3 is 2.62 bits per heavy atom. The molecule has 29 heavy (non-hydrogen) atoms. The van der Waals surface area contributed by atoms with Crippen molar-refractivity contribution in [1.29, 1.82) is 0 Å². The molecule has 9 heteroatoms. The second-order valence-corrected chi connectivity index (χ2v) is 9.97. The van der Waals surface area contributed by atoms with Gasteiger partial charge in [0.2, 0.25) is 11.0 Å². The van der Waals surface area contributed by atoms with Crippen LogP contribution >= 0.6 is 34.4 Å². The number of thioether (sulfide) groups is 1. The third-order valence-corrected chi connectivity index (χ3v) is 7.26. The van der Waals surface area contributed by atoms with Crippen LogP contribution in [0.2, 0.25) is 0 Å². The number of nitrogens with one attached hydrogen (secondary N) is 2. The molecule has 0 aliphatic rings. The lowest BCUT2D eigenvalue weighted by atomic mass is 10.0. The van der Waals surface area contributed by atoms with E-state index in [1.165, 1.54) is 16.2 Å². The number of amides is 2. The van der Waals surface area contributed by atoms with Gasteiger partial charge in [-0.3, -0.25) is 14.9 Å². The molecule has 2 aromatic heterocycles. The van der Waals surface area contributed by atoms with Crippen molar-refractivity contribution in [3.8, 4) is 0 Å². The number of rotatable bonds is 8.